The molecule has 1 aliphatic heterocycles. The van der Waals surface area contributed by atoms with Gasteiger partial charge < -0.3 is 5.32 Å². The van der Waals surface area contributed by atoms with Crippen molar-refractivity contribution in [2.24, 2.45) is 0 Å². The maximum atomic E-state index is 12.9. The van der Waals surface area contributed by atoms with Gasteiger partial charge in [0.15, 0.2) is 0 Å². The fraction of sp³-hybridized carbons (Fsp3) is 0.381. The zero-order chi connectivity index (χ0) is 21.9. The van der Waals surface area contributed by atoms with E-state index in [1.807, 2.05) is 0 Å². The van der Waals surface area contributed by atoms with E-state index in [0.717, 1.165) is 31.4 Å². The fourth-order valence-corrected chi connectivity index (χ4v) is 4.90. The highest BCUT2D eigenvalue weighted by Gasteiger charge is 2.31. The van der Waals surface area contributed by atoms with Crippen LogP contribution in [0.2, 0.25) is 0 Å². The normalized spacial score (nSPS) is 16.8. The van der Waals surface area contributed by atoms with Crippen molar-refractivity contribution < 1.29 is 26.4 Å². The Morgan fingerprint density at radius 3 is 2.27 bits per heavy atom. The Morgan fingerprint density at radius 2 is 1.67 bits per heavy atom. The number of halogens is 3. The first kappa shape index (κ1) is 22.3. The van der Waals surface area contributed by atoms with Gasteiger partial charge in [0.25, 0.3) is 5.91 Å². The Balaban J connectivity index is 1.70. The molecule has 0 aliphatic carbocycles. The van der Waals surface area contributed by atoms with Gasteiger partial charge in [-0.2, -0.15) is 17.5 Å². The van der Waals surface area contributed by atoms with Crippen molar-refractivity contribution >= 4 is 15.9 Å². The second-order valence-corrected chi connectivity index (χ2v) is 9.25. The molecule has 1 heterocycles. The van der Waals surface area contributed by atoms with Gasteiger partial charge in [-0.15, -0.1) is 0 Å². The third-order valence-corrected chi connectivity index (χ3v) is 7.04. The number of hydrogen-bond donors (Lipinski definition) is 1. The number of sulfonamides is 1. The summed E-state index contributed by atoms with van der Waals surface area (Å²) in [7, 11) is -3.59. The number of piperidine rings is 1. The maximum absolute atomic E-state index is 12.9. The quantitative estimate of drug-likeness (QED) is 0.751. The maximum Gasteiger partial charge on any atom is 0.416 e. The molecule has 0 bridgehead atoms. The van der Waals surface area contributed by atoms with Crippen molar-refractivity contribution in [1.29, 1.82) is 0 Å². The molecule has 0 radical (unpaired) electrons. The summed E-state index contributed by atoms with van der Waals surface area (Å²) in [6.07, 6.45) is -1.80. The molecule has 1 amide bonds. The third-order valence-electron chi connectivity index (χ3n) is 5.13. The number of carbonyl (C=O) groups is 1. The molecule has 2 aromatic rings. The Kier molecular flexibility index (Phi) is 6.52. The lowest BCUT2D eigenvalue weighted by Crippen LogP contribution is -2.35. The molecule has 1 saturated heterocycles. The van der Waals surface area contributed by atoms with Crippen LogP contribution in [0.4, 0.5) is 13.2 Å². The summed E-state index contributed by atoms with van der Waals surface area (Å²) in [6, 6.07) is 9.70. The Labute approximate surface area is 173 Å². The van der Waals surface area contributed by atoms with E-state index < -0.39 is 33.7 Å². The van der Waals surface area contributed by atoms with E-state index in [-0.39, 0.29) is 10.5 Å². The summed E-state index contributed by atoms with van der Waals surface area (Å²) in [5, 5.41) is 2.65. The molecular formula is C21H23F3N2O3S. The largest absolute Gasteiger partial charge is 0.416 e. The van der Waals surface area contributed by atoms with E-state index in [4.69, 9.17) is 0 Å². The standard InChI is InChI=1S/C21H23F3N2O3S/c1-15(17-6-5-7-18(14-17)21(22,23)24)25-20(27)16-8-10-19(11-9-16)30(28,29)26-12-3-2-4-13-26/h5-11,14-15H,2-4,12-13H2,1H3,(H,25,27). The van der Waals surface area contributed by atoms with Crippen LogP contribution in [0.1, 0.15) is 53.7 Å². The number of nitrogens with one attached hydrogen (secondary N) is 1. The van der Waals surface area contributed by atoms with Crippen LogP contribution in [0.25, 0.3) is 0 Å². The number of amides is 1. The van der Waals surface area contributed by atoms with Crippen LogP contribution in [0, 0.1) is 0 Å². The molecule has 3 rings (SSSR count). The van der Waals surface area contributed by atoms with Gasteiger partial charge in [0.2, 0.25) is 10.0 Å². The van der Waals surface area contributed by atoms with Crippen molar-refractivity contribution in [2.45, 2.75) is 43.3 Å². The number of carbonyl (C=O) groups excluding carboxylic acids is 1. The third kappa shape index (κ3) is 5.02. The van der Waals surface area contributed by atoms with Crippen LogP contribution in [0.3, 0.4) is 0 Å². The van der Waals surface area contributed by atoms with Crippen LogP contribution in [0.15, 0.2) is 53.4 Å². The second-order valence-electron chi connectivity index (χ2n) is 7.31. The van der Waals surface area contributed by atoms with Crippen molar-refractivity contribution in [1.82, 2.24) is 9.62 Å². The molecule has 1 atom stereocenters. The van der Waals surface area contributed by atoms with Gasteiger partial charge in [-0.1, -0.05) is 18.6 Å². The average Bonchev–Trinajstić information content (AvgIpc) is 2.74. The van der Waals surface area contributed by atoms with Crippen molar-refractivity contribution in [2.75, 3.05) is 13.1 Å². The SMILES string of the molecule is CC(NC(=O)c1ccc(S(=O)(=O)N2CCCCC2)cc1)c1cccc(C(F)(F)F)c1. The lowest BCUT2D eigenvalue weighted by atomic mass is 10.0. The van der Waals surface area contributed by atoms with Crippen LogP contribution in [-0.2, 0) is 16.2 Å². The molecule has 2 aromatic carbocycles. The molecule has 30 heavy (non-hydrogen) atoms. The molecule has 5 nitrogen and oxygen atoms in total. The number of hydrogen-bond acceptors (Lipinski definition) is 3. The van der Waals surface area contributed by atoms with Crippen LogP contribution < -0.4 is 5.32 Å². The minimum atomic E-state index is -4.46. The average molecular weight is 440 g/mol. The Bertz CT molecular complexity index is 999. The zero-order valence-electron chi connectivity index (χ0n) is 16.4. The predicted molar refractivity (Wildman–Crippen MR) is 106 cm³/mol. The van der Waals surface area contributed by atoms with Crippen molar-refractivity contribution in [3.8, 4) is 0 Å². The van der Waals surface area contributed by atoms with Gasteiger partial charge in [-0.25, -0.2) is 8.42 Å². The van der Waals surface area contributed by atoms with Gasteiger partial charge in [0.05, 0.1) is 16.5 Å². The Hall–Kier alpha value is -2.39. The molecular weight excluding hydrogens is 417 g/mol. The summed E-state index contributed by atoms with van der Waals surface area (Å²) in [5.74, 6) is -0.498. The number of alkyl halides is 3. The topological polar surface area (TPSA) is 66.5 Å². The van der Waals surface area contributed by atoms with E-state index >= 15 is 0 Å². The van der Waals surface area contributed by atoms with Crippen molar-refractivity contribution in [3.63, 3.8) is 0 Å². The summed E-state index contributed by atoms with van der Waals surface area (Å²) >= 11 is 0. The highest BCUT2D eigenvalue weighted by Crippen LogP contribution is 2.30. The summed E-state index contributed by atoms with van der Waals surface area (Å²) < 4.78 is 65.5. The molecule has 9 heteroatoms. The molecule has 162 valence electrons. The number of rotatable bonds is 5. The van der Waals surface area contributed by atoms with Gasteiger partial charge in [0, 0.05) is 18.7 Å². The molecule has 1 N–H and O–H groups in total. The highest BCUT2D eigenvalue weighted by atomic mass is 32.2. The monoisotopic (exact) mass is 440 g/mol. The minimum Gasteiger partial charge on any atom is -0.346 e. The predicted octanol–water partition coefficient (Wildman–Crippen LogP) is 4.37. The van der Waals surface area contributed by atoms with Crippen molar-refractivity contribution in [3.05, 3.63) is 65.2 Å². The van der Waals surface area contributed by atoms with E-state index in [2.05, 4.69) is 5.32 Å². The molecule has 1 fully saturated rings. The first-order valence-corrected chi connectivity index (χ1v) is 11.1. The lowest BCUT2D eigenvalue weighted by molar-refractivity contribution is -0.137. The number of benzene rings is 2. The molecule has 0 aromatic heterocycles. The van der Waals surface area contributed by atoms with Crippen LogP contribution in [0.5, 0.6) is 0 Å². The van der Waals surface area contributed by atoms with E-state index in [1.165, 1.54) is 40.7 Å². The Morgan fingerprint density at radius 1 is 1.03 bits per heavy atom. The van der Waals surface area contributed by atoms with Gasteiger partial charge in [-0.05, 0) is 61.7 Å². The lowest BCUT2D eigenvalue weighted by Gasteiger charge is -2.25. The minimum absolute atomic E-state index is 0.117. The summed E-state index contributed by atoms with van der Waals surface area (Å²) in [4.78, 5) is 12.6. The fourth-order valence-electron chi connectivity index (χ4n) is 3.38. The van der Waals surface area contributed by atoms with Gasteiger partial charge in [0.1, 0.15) is 0 Å². The van der Waals surface area contributed by atoms with Gasteiger partial charge >= 0.3 is 6.18 Å². The second kappa shape index (κ2) is 8.77. The van der Waals surface area contributed by atoms with E-state index in [9.17, 15) is 26.4 Å². The number of nitrogens with zero attached hydrogens (tertiary/aromatic N) is 1. The molecule has 1 unspecified atom stereocenters. The smallest absolute Gasteiger partial charge is 0.346 e. The van der Waals surface area contributed by atoms with Crippen LogP contribution in [-0.4, -0.2) is 31.7 Å². The van der Waals surface area contributed by atoms with E-state index in [0.29, 0.717) is 18.7 Å². The molecule has 1 aliphatic rings. The first-order valence-electron chi connectivity index (χ1n) is 9.67. The summed E-state index contributed by atoms with van der Waals surface area (Å²) in [5.41, 5.74) is -0.234. The summed E-state index contributed by atoms with van der Waals surface area (Å²) in [6.45, 7) is 2.56. The van der Waals surface area contributed by atoms with E-state index in [1.54, 1.807) is 6.92 Å². The van der Waals surface area contributed by atoms with Gasteiger partial charge in [-0.3, -0.25) is 4.79 Å². The first-order chi connectivity index (χ1) is 14.1. The molecule has 0 spiro atoms. The highest BCUT2D eigenvalue weighted by molar-refractivity contribution is 7.89. The molecule has 0 saturated carbocycles. The zero-order valence-corrected chi connectivity index (χ0v) is 17.3. The van der Waals surface area contributed by atoms with Crippen LogP contribution >= 0.6 is 0 Å².